The Kier molecular flexibility index (Phi) is 3.34. The highest BCUT2D eigenvalue weighted by Gasteiger charge is 2.44. The lowest BCUT2D eigenvalue weighted by Gasteiger charge is -2.39. The topological polar surface area (TPSA) is 49.8 Å². The molecule has 0 bridgehead atoms. The first kappa shape index (κ1) is 12.7. The van der Waals surface area contributed by atoms with Crippen LogP contribution in [0.15, 0.2) is 0 Å². The Bertz CT molecular complexity index is 296. The largest absolute Gasteiger partial charge is 0.444 e. The van der Waals surface area contributed by atoms with E-state index >= 15 is 0 Å². The Balaban J connectivity index is 2.06. The number of aliphatic hydroxyl groups excluding tert-OH is 1. The summed E-state index contributed by atoms with van der Waals surface area (Å²) in [4.78, 5) is 13.8. The van der Waals surface area contributed by atoms with Gasteiger partial charge in [0.1, 0.15) is 5.60 Å². The molecule has 2 aliphatic rings. The van der Waals surface area contributed by atoms with Gasteiger partial charge in [0, 0.05) is 6.54 Å². The van der Waals surface area contributed by atoms with Crippen LogP contribution in [0.5, 0.6) is 0 Å². The van der Waals surface area contributed by atoms with Crippen molar-refractivity contribution in [2.75, 3.05) is 6.54 Å². The number of fused-ring (bicyclic) bond motifs is 1. The van der Waals surface area contributed by atoms with E-state index in [0.717, 1.165) is 25.7 Å². The molecule has 0 aromatic carbocycles. The fraction of sp³-hybridized carbons (Fsp3) is 0.923. The van der Waals surface area contributed by atoms with Crippen LogP contribution in [0.1, 0.15) is 46.5 Å². The van der Waals surface area contributed by atoms with Crippen LogP contribution in [-0.4, -0.2) is 40.4 Å². The van der Waals surface area contributed by atoms with E-state index in [1.165, 1.54) is 0 Å². The summed E-state index contributed by atoms with van der Waals surface area (Å²) in [6.45, 7) is 6.33. The highest BCUT2D eigenvalue weighted by molar-refractivity contribution is 5.69. The third-order valence-corrected chi connectivity index (χ3v) is 3.67. The smallest absolute Gasteiger partial charge is 0.410 e. The molecular weight excluding hydrogens is 218 g/mol. The molecular formula is C13H23NO3. The maximum Gasteiger partial charge on any atom is 0.410 e. The lowest BCUT2D eigenvalue weighted by molar-refractivity contribution is -0.0166. The van der Waals surface area contributed by atoms with Gasteiger partial charge in [-0.3, -0.25) is 0 Å². The standard InChI is InChI=1S/C13H23NO3/c1-13(2,3)17-12(16)14-8-4-5-9-6-7-10(15)11(9)14/h9-11,15H,4-8H2,1-3H3/t9-,10?,11-/m1/s1. The fourth-order valence-electron chi connectivity index (χ4n) is 3.02. The van der Waals surface area contributed by atoms with Crippen molar-refractivity contribution in [3.05, 3.63) is 0 Å². The van der Waals surface area contributed by atoms with Crippen molar-refractivity contribution in [3.8, 4) is 0 Å². The molecule has 0 spiro atoms. The molecule has 1 aliphatic heterocycles. The summed E-state index contributed by atoms with van der Waals surface area (Å²) < 4.78 is 5.41. The molecule has 0 aromatic heterocycles. The second kappa shape index (κ2) is 4.48. The molecule has 4 nitrogen and oxygen atoms in total. The van der Waals surface area contributed by atoms with Gasteiger partial charge in [0.2, 0.25) is 0 Å². The average molecular weight is 241 g/mol. The lowest BCUT2D eigenvalue weighted by Crippen LogP contribution is -2.52. The minimum atomic E-state index is -0.465. The van der Waals surface area contributed by atoms with Gasteiger partial charge in [0.25, 0.3) is 0 Å². The number of carbonyl (C=O) groups is 1. The zero-order valence-electron chi connectivity index (χ0n) is 11.0. The summed E-state index contributed by atoms with van der Waals surface area (Å²) in [7, 11) is 0. The predicted octanol–water partition coefficient (Wildman–Crippen LogP) is 2.16. The number of aliphatic hydroxyl groups is 1. The molecule has 1 saturated carbocycles. The Hall–Kier alpha value is -0.770. The van der Waals surface area contributed by atoms with E-state index < -0.39 is 5.60 Å². The van der Waals surface area contributed by atoms with Gasteiger partial charge in [-0.05, 0) is 52.4 Å². The molecule has 2 fully saturated rings. The molecule has 98 valence electrons. The lowest BCUT2D eigenvalue weighted by atomic mass is 9.92. The van der Waals surface area contributed by atoms with Crippen LogP contribution in [0.2, 0.25) is 0 Å². The van der Waals surface area contributed by atoms with Gasteiger partial charge in [-0.2, -0.15) is 0 Å². The Labute approximate surface area is 103 Å². The number of carbonyl (C=O) groups excluding carboxylic acids is 1. The molecule has 1 unspecified atom stereocenters. The number of piperidine rings is 1. The van der Waals surface area contributed by atoms with E-state index in [1.807, 2.05) is 20.8 Å². The van der Waals surface area contributed by atoms with E-state index in [-0.39, 0.29) is 18.2 Å². The van der Waals surface area contributed by atoms with Crippen molar-refractivity contribution >= 4 is 6.09 Å². The summed E-state index contributed by atoms with van der Waals surface area (Å²) in [5, 5.41) is 9.99. The molecule has 0 aromatic rings. The Morgan fingerprint density at radius 1 is 1.29 bits per heavy atom. The summed E-state index contributed by atoms with van der Waals surface area (Å²) in [5.41, 5.74) is -0.465. The monoisotopic (exact) mass is 241 g/mol. The van der Waals surface area contributed by atoms with E-state index in [1.54, 1.807) is 4.90 Å². The number of hydrogen-bond donors (Lipinski definition) is 1. The maximum atomic E-state index is 12.1. The average Bonchev–Trinajstić information content (AvgIpc) is 2.58. The molecule has 1 aliphatic carbocycles. The molecule has 1 amide bonds. The highest BCUT2D eigenvalue weighted by Crippen LogP contribution is 2.37. The van der Waals surface area contributed by atoms with E-state index in [2.05, 4.69) is 0 Å². The van der Waals surface area contributed by atoms with Crippen LogP contribution in [0.25, 0.3) is 0 Å². The number of rotatable bonds is 0. The number of amides is 1. The van der Waals surface area contributed by atoms with Crippen molar-refractivity contribution < 1.29 is 14.6 Å². The molecule has 4 heteroatoms. The van der Waals surface area contributed by atoms with Crippen molar-refractivity contribution in [1.29, 1.82) is 0 Å². The Morgan fingerprint density at radius 3 is 2.65 bits per heavy atom. The van der Waals surface area contributed by atoms with Crippen molar-refractivity contribution in [1.82, 2.24) is 4.90 Å². The van der Waals surface area contributed by atoms with E-state index in [0.29, 0.717) is 12.5 Å². The van der Waals surface area contributed by atoms with Crippen molar-refractivity contribution in [3.63, 3.8) is 0 Å². The first-order valence-corrected chi connectivity index (χ1v) is 6.56. The van der Waals surface area contributed by atoms with Crippen LogP contribution >= 0.6 is 0 Å². The van der Waals surface area contributed by atoms with Crippen LogP contribution in [0.4, 0.5) is 4.79 Å². The van der Waals surface area contributed by atoms with Crippen molar-refractivity contribution in [2.24, 2.45) is 5.92 Å². The minimum Gasteiger partial charge on any atom is -0.444 e. The first-order chi connectivity index (χ1) is 7.88. The van der Waals surface area contributed by atoms with Gasteiger partial charge in [-0.25, -0.2) is 4.79 Å². The van der Waals surface area contributed by atoms with Gasteiger partial charge >= 0.3 is 6.09 Å². The van der Waals surface area contributed by atoms with Crippen molar-refractivity contribution in [2.45, 2.75) is 64.2 Å². The number of hydrogen-bond acceptors (Lipinski definition) is 3. The van der Waals surface area contributed by atoms with Gasteiger partial charge in [0.05, 0.1) is 12.1 Å². The third kappa shape index (κ3) is 2.73. The van der Waals surface area contributed by atoms with E-state index in [9.17, 15) is 9.90 Å². The summed E-state index contributed by atoms with van der Waals surface area (Å²) >= 11 is 0. The van der Waals surface area contributed by atoms with Gasteiger partial charge in [0.15, 0.2) is 0 Å². The van der Waals surface area contributed by atoms with Crippen LogP contribution < -0.4 is 0 Å². The molecule has 0 radical (unpaired) electrons. The summed E-state index contributed by atoms with van der Waals surface area (Å²) in [6.07, 6.45) is 3.36. The second-order valence-corrected chi connectivity index (χ2v) is 6.21. The quantitative estimate of drug-likeness (QED) is 0.707. The predicted molar refractivity (Wildman–Crippen MR) is 64.7 cm³/mol. The molecule has 17 heavy (non-hydrogen) atoms. The van der Waals surface area contributed by atoms with Gasteiger partial charge < -0.3 is 14.7 Å². The molecule has 1 N–H and O–H groups in total. The van der Waals surface area contributed by atoms with Crippen LogP contribution in [-0.2, 0) is 4.74 Å². The number of likely N-dealkylation sites (tertiary alicyclic amines) is 1. The molecule has 1 saturated heterocycles. The summed E-state index contributed by atoms with van der Waals surface area (Å²) in [6, 6.07) is -0.0152. The fourth-order valence-corrected chi connectivity index (χ4v) is 3.02. The normalized spacial score (nSPS) is 33.4. The third-order valence-electron chi connectivity index (χ3n) is 3.67. The molecule has 3 atom stereocenters. The van der Waals surface area contributed by atoms with Crippen LogP contribution in [0.3, 0.4) is 0 Å². The first-order valence-electron chi connectivity index (χ1n) is 6.56. The zero-order chi connectivity index (χ0) is 12.6. The minimum absolute atomic E-state index is 0.0152. The summed E-state index contributed by atoms with van der Waals surface area (Å²) in [5.74, 6) is 0.464. The molecule has 1 heterocycles. The Morgan fingerprint density at radius 2 is 2.00 bits per heavy atom. The molecule has 2 rings (SSSR count). The maximum absolute atomic E-state index is 12.1. The number of nitrogens with zero attached hydrogens (tertiary/aromatic N) is 1. The number of ether oxygens (including phenoxy) is 1. The van der Waals surface area contributed by atoms with Gasteiger partial charge in [-0.1, -0.05) is 0 Å². The highest BCUT2D eigenvalue weighted by atomic mass is 16.6. The zero-order valence-corrected chi connectivity index (χ0v) is 11.0. The van der Waals surface area contributed by atoms with Gasteiger partial charge in [-0.15, -0.1) is 0 Å². The second-order valence-electron chi connectivity index (χ2n) is 6.21. The SMILES string of the molecule is CC(C)(C)OC(=O)N1CCC[C@@H]2CCC(O)[C@@H]21. The van der Waals surface area contributed by atoms with Crippen LogP contribution in [0, 0.1) is 5.92 Å². The van der Waals surface area contributed by atoms with E-state index in [4.69, 9.17) is 4.74 Å².